The van der Waals surface area contributed by atoms with Crippen LogP contribution in [0.25, 0.3) is 0 Å². The van der Waals surface area contributed by atoms with Gasteiger partial charge in [0.2, 0.25) is 5.91 Å². The van der Waals surface area contributed by atoms with Crippen molar-refractivity contribution in [3.8, 4) is 0 Å². The van der Waals surface area contributed by atoms with E-state index in [1.807, 2.05) is 20.8 Å². The fraction of sp³-hybridized carbons (Fsp3) is 0.696. The number of rotatable bonds is 13. The van der Waals surface area contributed by atoms with Crippen molar-refractivity contribution in [2.24, 2.45) is 0 Å². The predicted molar refractivity (Wildman–Crippen MR) is 119 cm³/mol. The SMILES string of the molecule is C=CCC(NC(=O)CC)C(=O)OC(C)CC(C)(C)OC(=O)C(CC=C)NC(C)(C)C. The van der Waals surface area contributed by atoms with Gasteiger partial charge in [0, 0.05) is 18.4 Å². The van der Waals surface area contributed by atoms with Crippen LogP contribution in [0.5, 0.6) is 0 Å². The Labute approximate surface area is 181 Å². The third kappa shape index (κ3) is 11.8. The second-order valence-electron chi connectivity index (χ2n) is 9.10. The number of esters is 2. The molecule has 0 bridgehead atoms. The van der Waals surface area contributed by atoms with Crippen LogP contribution in [-0.4, -0.2) is 47.2 Å². The molecule has 0 spiro atoms. The lowest BCUT2D eigenvalue weighted by molar-refractivity contribution is -0.165. The van der Waals surface area contributed by atoms with Gasteiger partial charge in [-0.25, -0.2) is 4.79 Å². The van der Waals surface area contributed by atoms with Crippen LogP contribution in [0.4, 0.5) is 0 Å². The molecule has 0 saturated carbocycles. The summed E-state index contributed by atoms with van der Waals surface area (Å²) in [7, 11) is 0. The number of amides is 1. The molecule has 172 valence electrons. The molecule has 0 fully saturated rings. The molecule has 2 N–H and O–H groups in total. The van der Waals surface area contributed by atoms with Crippen molar-refractivity contribution >= 4 is 17.8 Å². The number of hydrogen-bond donors (Lipinski definition) is 2. The molecule has 0 aliphatic rings. The quantitative estimate of drug-likeness (QED) is 0.347. The van der Waals surface area contributed by atoms with Crippen LogP contribution in [0.3, 0.4) is 0 Å². The van der Waals surface area contributed by atoms with Crippen molar-refractivity contribution < 1.29 is 23.9 Å². The monoisotopic (exact) mass is 424 g/mol. The number of ether oxygens (including phenoxy) is 2. The van der Waals surface area contributed by atoms with Crippen LogP contribution in [0.2, 0.25) is 0 Å². The molecule has 0 saturated heterocycles. The van der Waals surface area contributed by atoms with E-state index in [0.717, 1.165) is 0 Å². The van der Waals surface area contributed by atoms with E-state index in [9.17, 15) is 14.4 Å². The van der Waals surface area contributed by atoms with Gasteiger partial charge in [-0.3, -0.25) is 14.9 Å². The third-order valence-electron chi connectivity index (χ3n) is 4.11. The number of carbonyl (C=O) groups excluding carboxylic acids is 3. The molecule has 1 amide bonds. The Morgan fingerprint density at radius 3 is 1.97 bits per heavy atom. The Balaban J connectivity index is 4.96. The molecule has 3 unspecified atom stereocenters. The van der Waals surface area contributed by atoms with E-state index >= 15 is 0 Å². The maximum absolute atomic E-state index is 12.7. The van der Waals surface area contributed by atoms with E-state index in [0.29, 0.717) is 12.8 Å². The van der Waals surface area contributed by atoms with Crippen molar-refractivity contribution in [1.82, 2.24) is 10.6 Å². The van der Waals surface area contributed by atoms with Crippen LogP contribution >= 0.6 is 0 Å². The van der Waals surface area contributed by atoms with Gasteiger partial charge in [0.05, 0.1) is 0 Å². The standard InChI is InChI=1S/C23H40N2O5/c1-10-13-17(24-19(26)12-3)20(27)29-16(4)15-23(8,9)30-21(28)18(14-11-2)25-22(5,6)7/h10-11,16-18,25H,1-2,12-15H2,3-9H3,(H,24,26). The highest BCUT2D eigenvalue weighted by Gasteiger charge is 2.32. The zero-order valence-corrected chi connectivity index (χ0v) is 19.7. The molecular weight excluding hydrogens is 384 g/mol. The summed E-state index contributed by atoms with van der Waals surface area (Å²) >= 11 is 0. The maximum Gasteiger partial charge on any atom is 0.329 e. The zero-order valence-electron chi connectivity index (χ0n) is 19.7. The van der Waals surface area contributed by atoms with E-state index in [-0.39, 0.29) is 30.3 Å². The van der Waals surface area contributed by atoms with Crippen LogP contribution in [-0.2, 0) is 23.9 Å². The predicted octanol–water partition coefficient (Wildman–Crippen LogP) is 3.43. The third-order valence-corrected chi connectivity index (χ3v) is 4.11. The average Bonchev–Trinajstić information content (AvgIpc) is 2.58. The van der Waals surface area contributed by atoms with Gasteiger partial charge in [-0.15, -0.1) is 13.2 Å². The van der Waals surface area contributed by atoms with Gasteiger partial charge in [-0.05, 0) is 54.4 Å². The van der Waals surface area contributed by atoms with Gasteiger partial charge < -0.3 is 14.8 Å². The van der Waals surface area contributed by atoms with Gasteiger partial charge in [0.1, 0.15) is 23.8 Å². The normalized spacial score (nSPS) is 14.8. The Morgan fingerprint density at radius 1 is 0.967 bits per heavy atom. The van der Waals surface area contributed by atoms with Gasteiger partial charge in [0.15, 0.2) is 0 Å². The Kier molecular flexibility index (Phi) is 11.6. The van der Waals surface area contributed by atoms with Crippen molar-refractivity contribution in [3.63, 3.8) is 0 Å². The molecule has 7 nitrogen and oxygen atoms in total. The highest BCUT2D eigenvalue weighted by Crippen LogP contribution is 2.21. The summed E-state index contributed by atoms with van der Waals surface area (Å²) in [4.78, 5) is 36.7. The molecule has 3 atom stereocenters. The molecule has 0 radical (unpaired) electrons. The molecule has 7 heteroatoms. The highest BCUT2D eigenvalue weighted by molar-refractivity contribution is 5.84. The first kappa shape index (κ1) is 27.8. The zero-order chi connectivity index (χ0) is 23.5. The summed E-state index contributed by atoms with van der Waals surface area (Å²) in [6.07, 6.45) is 4.01. The second kappa shape index (κ2) is 12.5. The number of nitrogens with one attached hydrogen (secondary N) is 2. The van der Waals surface area contributed by atoms with Crippen molar-refractivity contribution in [2.45, 2.75) is 103 Å². The minimum absolute atomic E-state index is 0.236. The Morgan fingerprint density at radius 2 is 1.50 bits per heavy atom. The fourth-order valence-corrected chi connectivity index (χ4v) is 2.98. The molecule has 30 heavy (non-hydrogen) atoms. The molecule has 0 aromatic heterocycles. The number of hydrogen-bond acceptors (Lipinski definition) is 6. The highest BCUT2D eigenvalue weighted by atomic mass is 16.6. The second-order valence-corrected chi connectivity index (χ2v) is 9.10. The first-order chi connectivity index (χ1) is 13.7. The van der Waals surface area contributed by atoms with E-state index in [1.54, 1.807) is 39.8 Å². The summed E-state index contributed by atoms with van der Waals surface area (Å²) < 4.78 is 11.2. The lowest BCUT2D eigenvalue weighted by Gasteiger charge is -2.32. The largest absolute Gasteiger partial charge is 0.461 e. The van der Waals surface area contributed by atoms with E-state index < -0.39 is 29.8 Å². The molecule has 0 rings (SSSR count). The van der Waals surface area contributed by atoms with Crippen LogP contribution < -0.4 is 10.6 Å². The van der Waals surface area contributed by atoms with Crippen LogP contribution in [0, 0.1) is 0 Å². The smallest absolute Gasteiger partial charge is 0.329 e. The lowest BCUT2D eigenvalue weighted by Crippen LogP contribution is -2.50. The maximum atomic E-state index is 12.7. The average molecular weight is 425 g/mol. The van der Waals surface area contributed by atoms with Crippen LogP contribution in [0.15, 0.2) is 25.3 Å². The molecule has 0 aromatic rings. The van der Waals surface area contributed by atoms with Gasteiger partial charge in [0.25, 0.3) is 0 Å². The first-order valence-corrected chi connectivity index (χ1v) is 10.5. The summed E-state index contributed by atoms with van der Waals surface area (Å²) in [5.41, 5.74) is -1.11. The molecule has 0 heterocycles. The van der Waals surface area contributed by atoms with Crippen molar-refractivity contribution in [2.75, 3.05) is 0 Å². The van der Waals surface area contributed by atoms with E-state index in [2.05, 4.69) is 23.8 Å². The van der Waals surface area contributed by atoms with Crippen LogP contribution in [0.1, 0.15) is 74.1 Å². The molecule has 0 aliphatic carbocycles. The van der Waals surface area contributed by atoms with Gasteiger partial charge >= 0.3 is 11.9 Å². The molecule has 0 aliphatic heterocycles. The first-order valence-electron chi connectivity index (χ1n) is 10.5. The topological polar surface area (TPSA) is 93.7 Å². The van der Waals surface area contributed by atoms with Crippen molar-refractivity contribution in [3.05, 3.63) is 25.3 Å². The fourth-order valence-electron chi connectivity index (χ4n) is 2.98. The summed E-state index contributed by atoms with van der Waals surface area (Å²) in [5, 5.41) is 5.87. The minimum Gasteiger partial charge on any atom is -0.461 e. The lowest BCUT2D eigenvalue weighted by atomic mass is 10.0. The van der Waals surface area contributed by atoms with Crippen molar-refractivity contribution in [1.29, 1.82) is 0 Å². The van der Waals surface area contributed by atoms with E-state index in [4.69, 9.17) is 9.47 Å². The van der Waals surface area contributed by atoms with E-state index in [1.165, 1.54) is 0 Å². The summed E-state index contributed by atoms with van der Waals surface area (Å²) in [6, 6.07) is -1.29. The summed E-state index contributed by atoms with van der Waals surface area (Å²) in [5.74, 6) is -1.15. The van der Waals surface area contributed by atoms with Gasteiger partial charge in [-0.1, -0.05) is 19.1 Å². The van der Waals surface area contributed by atoms with Gasteiger partial charge in [-0.2, -0.15) is 0 Å². The summed E-state index contributed by atoms with van der Waals surface area (Å²) in [6.45, 7) is 20.2. The molecular formula is C23H40N2O5. The minimum atomic E-state index is -0.851. The Bertz CT molecular complexity index is 607. The number of carbonyl (C=O) groups is 3. The molecule has 0 aromatic carbocycles. The Hall–Kier alpha value is -2.15.